The molecule has 12 heavy (non-hydrogen) atoms. The van der Waals surface area contributed by atoms with Crippen LogP contribution >= 0.6 is 0 Å². The molecule has 0 aliphatic rings. The standard InChI is InChI=1S/C8H20N2O2/c1-11-12-8-4-2-3-6-10-7-5-9/h10H,2-9H2,1H3. The summed E-state index contributed by atoms with van der Waals surface area (Å²) in [4.78, 5) is 9.18. The number of rotatable bonds is 9. The average molecular weight is 176 g/mol. The fourth-order valence-electron chi connectivity index (χ4n) is 0.898. The molecule has 0 spiro atoms. The van der Waals surface area contributed by atoms with Crippen LogP contribution in [0.3, 0.4) is 0 Å². The van der Waals surface area contributed by atoms with Gasteiger partial charge in [-0.3, -0.25) is 0 Å². The van der Waals surface area contributed by atoms with Gasteiger partial charge in [0.25, 0.3) is 0 Å². The lowest BCUT2D eigenvalue weighted by molar-refractivity contribution is -0.272. The molecule has 4 nitrogen and oxygen atoms in total. The summed E-state index contributed by atoms with van der Waals surface area (Å²) in [5.74, 6) is 0. The Morgan fingerprint density at radius 2 is 2.00 bits per heavy atom. The molecule has 0 aromatic heterocycles. The van der Waals surface area contributed by atoms with Gasteiger partial charge >= 0.3 is 0 Å². The first-order valence-electron chi connectivity index (χ1n) is 4.48. The van der Waals surface area contributed by atoms with Gasteiger partial charge in [0.15, 0.2) is 0 Å². The van der Waals surface area contributed by atoms with Crippen LogP contribution in [0.1, 0.15) is 19.3 Å². The van der Waals surface area contributed by atoms with E-state index in [1.165, 1.54) is 20.0 Å². The Kier molecular flexibility index (Phi) is 10.7. The van der Waals surface area contributed by atoms with Crippen LogP contribution in [0.4, 0.5) is 0 Å². The van der Waals surface area contributed by atoms with Gasteiger partial charge in [0.2, 0.25) is 0 Å². The maximum absolute atomic E-state index is 5.31. The molecular weight excluding hydrogens is 156 g/mol. The van der Waals surface area contributed by atoms with Gasteiger partial charge < -0.3 is 11.1 Å². The van der Waals surface area contributed by atoms with Crippen molar-refractivity contribution in [3.63, 3.8) is 0 Å². The van der Waals surface area contributed by atoms with E-state index in [9.17, 15) is 0 Å². The molecule has 0 amide bonds. The summed E-state index contributed by atoms with van der Waals surface area (Å²) in [5, 5.41) is 3.23. The quantitative estimate of drug-likeness (QED) is 0.301. The summed E-state index contributed by atoms with van der Waals surface area (Å²) in [7, 11) is 1.53. The second-order valence-corrected chi connectivity index (χ2v) is 2.59. The molecule has 0 saturated heterocycles. The van der Waals surface area contributed by atoms with Crippen LogP contribution in [0.25, 0.3) is 0 Å². The van der Waals surface area contributed by atoms with Gasteiger partial charge in [0.1, 0.15) is 0 Å². The van der Waals surface area contributed by atoms with E-state index in [2.05, 4.69) is 10.2 Å². The molecule has 0 fully saturated rings. The number of hydrogen-bond donors (Lipinski definition) is 2. The summed E-state index contributed by atoms with van der Waals surface area (Å²) in [6.45, 7) is 3.36. The van der Waals surface area contributed by atoms with Crippen LogP contribution in [-0.4, -0.2) is 33.4 Å². The highest BCUT2D eigenvalue weighted by Crippen LogP contribution is 1.94. The Morgan fingerprint density at radius 3 is 2.67 bits per heavy atom. The molecule has 0 radical (unpaired) electrons. The number of nitrogens with two attached hydrogens (primary N) is 1. The molecule has 0 unspecified atom stereocenters. The van der Waals surface area contributed by atoms with E-state index in [1.807, 2.05) is 0 Å². The topological polar surface area (TPSA) is 56.5 Å². The monoisotopic (exact) mass is 176 g/mol. The first kappa shape index (κ1) is 11.8. The van der Waals surface area contributed by atoms with Crippen molar-refractivity contribution < 1.29 is 9.78 Å². The molecule has 0 heterocycles. The van der Waals surface area contributed by atoms with Crippen molar-refractivity contribution in [1.29, 1.82) is 0 Å². The molecule has 74 valence electrons. The second-order valence-electron chi connectivity index (χ2n) is 2.59. The number of nitrogens with one attached hydrogen (secondary N) is 1. The van der Waals surface area contributed by atoms with E-state index >= 15 is 0 Å². The lowest BCUT2D eigenvalue weighted by atomic mass is 10.2. The lowest BCUT2D eigenvalue weighted by Crippen LogP contribution is -2.23. The van der Waals surface area contributed by atoms with Crippen LogP contribution in [-0.2, 0) is 9.78 Å². The van der Waals surface area contributed by atoms with Crippen molar-refractivity contribution in [3.05, 3.63) is 0 Å². The Hall–Kier alpha value is -0.160. The minimum Gasteiger partial charge on any atom is -0.329 e. The Balaban J connectivity index is 2.73. The fraction of sp³-hybridized carbons (Fsp3) is 1.00. The predicted octanol–water partition coefficient (Wildman–Crippen LogP) is 0.283. The highest BCUT2D eigenvalue weighted by molar-refractivity contribution is 4.48. The van der Waals surface area contributed by atoms with Gasteiger partial charge in [0.05, 0.1) is 13.7 Å². The highest BCUT2D eigenvalue weighted by Gasteiger charge is 1.89. The number of hydrogen-bond acceptors (Lipinski definition) is 4. The third kappa shape index (κ3) is 9.84. The normalized spacial score (nSPS) is 10.5. The third-order valence-corrected chi connectivity index (χ3v) is 1.52. The van der Waals surface area contributed by atoms with E-state index in [1.54, 1.807) is 0 Å². The molecule has 0 aliphatic carbocycles. The fourth-order valence-corrected chi connectivity index (χ4v) is 0.898. The minimum absolute atomic E-state index is 0.688. The summed E-state index contributed by atoms with van der Waals surface area (Å²) in [6.07, 6.45) is 3.39. The molecule has 0 atom stereocenters. The van der Waals surface area contributed by atoms with E-state index in [-0.39, 0.29) is 0 Å². The van der Waals surface area contributed by atoms with E-state index in [0.717, 1.165) is 19.5 Å². The minimum atomic E-state index is 0.688. The van der Waals surface area contributed by atoms with Crippen molar-refractivity contribution in [2.45, 2.75) is 19.3 Å². The molecule has 4 heteroatoms. The van der Waals surface area contributed by atoms with E-state index < -0.39 is 0 Å². The molecule has 0 saturated carbocycles. The average Bonchev–Trinajstić information content (AvgIpc) is 2.10. The zero-order valence-electron chi connectivity index (χ0n) is 7.84. The van der Waals surface area contributed by atoms with Crippen LogP contribution < -0.4 is 11.1 Å². The van der Waals surface area contributed by atoms with Gasteiger partial charge in [-0.2, -0.15) is 0 Å². The Morgan fingerprint density at radius 1 is 1.17 bits per heavy atom. The molecule has 0 rings (SSSR count). The first-order chi connectivity index (χ1) is 5.91. The number of unbranched alkanes of at least 4 members (excludes halogenated alkanes) is 2. The predicted molar refractivity (Wildman–Crippen MR) is 48.7 cm³/mol. The van der Waals surface area contributed by atoms with Crippen LogP contribution in [0.2, 0.25) is 0 Å². The highest BCUT2D eigenvalue weighted by atomic mass is 17.2. The lowest BCUT2D eigenvalue weighted by Gasteiger charge is -2.02. The van der Waals surface area contributed by atoms with Crippen molar-refractivity contribution in [2.24, 2.45) is 5.73 Å². The zero-order chi connectivity index (χ0) is 9.07. The largest absolute Gasteiger partial charge is 0.329 e. The summed E-state index contributed by atoms with van der Waals surface area (Å²) in [6, 6.07) is 0. The molecular formula is C8H20N2O2. The maximum Gasteiger partial charge on any atom is 0.0822 e. The van der Waals surface area contributed by atoms with E-state index in [0.29, 0.717) is 13.2 Å². The molecule has 0 aromatic carbocycles. The van der Waals surface area contributed by atoms with Crippen LogP contribution in [0, 0.1) is 0 Å². The third-order valence-electron chi connectivity index (χ3n) is 1.52. The van der Waals surface area contributed by atoms with Crippen LogP contribution in [0.5, 0.6) is 0 Å². The van der Waals surface area contributed by atoms with Gasteiger partial charge in [-0.15, -0.1) is 0 Å². The maximum atomic E-state index is 5.31. The molecule has 3 N–H and O–H groups in total. The van der Waals surface area contributed by atoms with Crippen molar-refractivity contribution in [1.82, 2.24) is 5.32 Å². The van der Waals surface area contributed by atoms with Crippen LogP contribution in [0.15, 0.2) is 0 Å². The smallest absolute Gasteiger partial charge is 0.0822 e. The van der Waals surface area contributed by atoms with Gasteiger partial charge in [-0.1, -0.05) is 0 Å². The SMILES string of the molecule is COOCCCCCNCCN. The second kappa shape index (κ2) is 10.8. The summed E-state index contributed by atoms with van der Waals surface area (Å²) in [5.41, 5.74) is 5.31. The Labute approximate surface area is 74.3 Å². The molecule has 0 aromatic rings. The molecule has 0 aliphatic heterocycles. The van der Waals surface area contributed by atoms with Gasteiger partial charge in [-0.25, -0.2) is 9.78 Å². The summed E-state index contributed by atoms with van der Waals surface area (Å²) >= 11 is 0. The molecule has 0 bridgehead atoms. The Bertz CT molecular complexity index is 71.5. The van der Waals surface area contributed by atoms with Crippen molar-refractivity contribution in [3.8, 4) is 0 Å². The van der Waals surface area contributed by atoms with Crippen molar-refractivity contribution in [2.75, 3.05) is 33.4 Å². The zero-order valence-corrected chi connectivity index (χ0v) is 7.84. The van der Waals surface area contributed by atoms with Crippen molar-refractivity contribution >= 4 is 0 Å². The van der Waals surface area contributed by atoms with Gasteiger partial charge in [0, 0.05) is 13.1 Å². The van der Waals surface area contributed by atoms with E-state index in [4.69, 9.17) is 10.6 Å². The first-order valence-corrected chi connectivity index (χ1v) is 4.48. The van der Waals surface area contributed by atoms with Gasteiger partial charge in [-0.05, 0) is 25.8 Å². The summed E-state index contributed by atoms with van der Waals surface area (Å²) < 4.78 is 0.